The molecular formula is C8H6N2S2. The summed E-state index contributed by atoms with van der Waals surface area (Å²) in [5.74, 6) is 0.837. The maximum atomic E-state index is 4.98. The Morgan fingerprint density at radius 2 is 2.33 bits per heavy atom. The van der Waals surface area contributed by atoms with E-state index < -0.39 is 0 Å². The van der Waals surface area contributed by atoms with E-state index in [0.717, 1.165) is 11.4 Å². The fraction of sp³-hybridized carbons (Fsp3) is 0. The first-order chi connectivity index (χ1) is 5.86. The van der Waals surface area contributed by atoms with E-state index in [4.69, 9.17) is 12.2 Å². The van der Waals surface area contributed by atoms with Crippen LogP contribution in [0.5, 0.6) is 0 Å². The van der Waals surface area contributed by atoms with Gasteiger partial charge >= 0.3 is 0 Å². The van der Waals surface area contributed by atoms with Crippen molar-refractivity contribution in [3.05, 3.63) is 33.7 Å². The van der Waals surface area contributed by atoms with Gasteiger partial charge in [-0.25, -0.2) is 4.98 Å². The minimum atomic E-state index is 0.714. The van der Waals surface area contributed by atoms with Crippen molar-refractivity contribution in [3.8, 4) is 11.4 Å². The van der Waals surface area contributed by atoms with E-state index in [1.807, 2.05) is 16.8 Å². The lowest BCUT2D eigenvalue weighted by Gasteiger charge is -1.94. The lowest BCUT2D eigenvalue weighted by atomic mass is 10.3. The van der Waals surface area contributed by atoms with Crippen molar-refractivity contribution in [1.29, 1.82) is 0 Å². The number of aromatic amines is 1. The summed E-state index contributed by atoms with van der Waals surface area (Å²) in [7, 11) is 0. The van der Waals surface area contributed by atoms with Crippen LogP contribution in [0.4, 0.5) is 0 Å². The van der Waals surface area contributed by atoms with Crippen LogP contribution in [0.2, 0.25) is 0 Å². The van der Waals surface area contributed by atoms with Gasteiger partial charge in [0.2, 0.25) is 0 Å². The third-order valence-corrected chi connectivity index (χ3v) is 2.39. The molecular weight excluding hydrogens is 188 g/mol. The molecule has 0 amide bonds. The fourth-order valence-electron chi connectivity index (χ4n) is 0.916. The van der Waals surface area contributed by atoms with E-state index in [1.54, 1.807) is 23.6 Å². The summed E-state index contributed by atoms with van der Waals surface area (Å²) in [6.07, 6.45) is 1.71. The highest BCUT2D eigenvalue weighted by Crippen LogP contribution is 2.16. The molecule has 0 fully saturated rings. The molecule has 2 aromatic rings. The number of nitrogens with zero attached hydrogens (tertiary/aromatic N) is 1. The number of hydrogen-bond donors (Lipinski definition) is 1. The molecule has 4 heteroatoms. The van der Waals surface area contributed by atoms with E-state index in [1.165, 1.54) is 0 Å². The van der Waals surface area contributed by atoms with Crippen molar-refractivity contribution in [2.45, 2.75) is 0 Å². The van der Waals surface area contributed by atoms with Crippen molar-refractivity contribution >= 4 is 23.6 Å². The predicted octanol–water partition coefficient (Wildman–Crippen LogP) is 2.87. The van der Waals surface area contributed by atoms with Crippen LogP contribution in [0.1, 0.15) is 0 Å². The quantitative estimate of drug-likeness (QED) is 0.707. The highest BCUT2D eigenvalue weighted by atomic mass is 32.1. The minimum Gasteiger partial charge on any atom is -0.331 e. The van der Waals surface area contributed by atoms with E-state index >= 15 is 0 Å². The summed E-state index contributed by atoms with van der Waals surface area (Å²) in [6, 6.07) is 3.78. The normalized spacial score (nSPS) is 10.0. The molecule has 0 aliphatic carbocycles. The second-order valence-corrected chi connectivity index (χ2v) is 3.51. The molecule has 0 aliphatic rings. The third-order valence-electron chi connectivity index (χ3n) is 1.47. The van der Waals surface area contributed by atoms with Gasteiger partial charge in [0.25, 0.3) is 0 Å². The van der Waals surface area contributed by atoms with Crippen molar-refractivity contribution in [2.75, 3.05) is 0 Å². The molecule has 60 valence electrons. The van der Waals surface area contributed by atoms with Gasteiger partial charge in [-0.2, -0.15) is 11.3 Å². The molecule has 1 N–H and O–H groups in total. The Bertz CT molecular complexity index is 417. The highest BCUT2D eigenvalue weighted by Gasteiger charge is 1.97. The highest BCUT2D eigenvalue weighted by molar-refractivity contribution is 7.71. The van der Waals surface area contributed by atoms with Crippen molar-refractivity contribution in [1.82, 2.24) is 9.97 Å². The standard InChI is InChI=1S/C8H6N2S2/c11-7-1-3-9-8(10-7)6-2-4-12-5-6/h1-5H,(H,9,10,11). The molecule has 0 unspecified atom stereocenters. The van der Waals surface area contributed by atoms with Crippen LogP contribution in [-0.4, -0.2) is 9.97 Å². The number of rotatable bonds is 1. The van der Waals surface area contributed by atoms with Gasteiger partial charge in [-0.1, -0.05) is 12.2 Å². The van der Waals surface area contributed by atoms with Gasteiger partial charge in [-0.05, 0) is 17.5 Å². The summed E-state index contributed by atoms with van der Waals surface area (Å²) >= 11 is 6.63. The van der Waals surface area contributed by atoms with E-state index in [2.05, 4.69) is 9.97 Å². The van der Waals surface area contributed by atoms with Crippen LogP contribution >= 0.6 is 23.6 Å². The zero-order chi connectivity index (χ0) is 8.39. The molecule has 0 saturated carbocycles. The maximum absolute atomic E-state index is 4.98. The summed E-state index contributed by atoms with van der Waals surface area (Å²) in [6.45, 7) is 0. The maximum Gasteiger partial charge on any atom is 0.139 e. The molecule has 0 bridgehead atoms. The van der Waals surface area contributed by atoms with Crippen LogP contribution in [0.3, 0.4) is 0 Å². The number of hydrogen-bond acceptors (Lipinski definition) is 3. The molecule has 2 nitrogen and oxygen atoms in total. The Labute approximate surface area is 78.9 Å². The van der Waals surface area contributed by atoms with Crippen molar-refractivity contribution in [2.24, 2.45) is 0 Å². The molecule has 12 heavy (non-hydrogen) atoms. The summed E-state index contributed by atoms with van der Waals surface area (Å²) in [5.41, 5.74) is 1.09. The molecule has 0 spiro atoms. The number of aromatic nitrogens is 2. The van der Waals surface area contributed by atoms with Crippen LogP contribution < -0.4 is 0 Å². The smallest absolute Gasteiger partial charge is 0.139 e. The van der Waals surface area contributed by atoms with Gasteiger partial charge in [-0.15, -0.1) is 0 Å². The monoisotopic (exact) mass is 194 g/mol. The first kappa shape index (κ1) is 7.64. The molecule has 0 saturated heterocycles. The minimum absolute atomic E-state index is 0.714. The second-order valence-electron chi connectivity index (χ2n) is 2.29. The topological polar surface area (TPSA) is 28.7 Å². The zero-order valence-corrected chi connectivity index (χ0v) is 7.78. The summed E-state index contributed by atoms with van der Waals surface area (Å²) < 4.78 is 0.714. The van der Waals surface area contributed by atoms with Gasteiger partial charge in [0, 0.05) is 17.1 Å². The van der Waals surface area contributed by atoms with Crippen LogP contribution in [0, 0.1) is 4.64 Å². The van der Waals surface area contributed by atoms with Crippen molar-refractivity contribution < 1.29 is 0 Å². The molecule has 0 radical (unpaired) electrons. The summed E-state index contributed by atoms with van der Waals surface area (Å²) in [5, 5.41) is 4.05. The zero-order valence-electron chi connectivity index (χ0n) is 6.15. The Balaban J connectivity index is 2.55. The predicted molar refractivity (Wildman–Crippen MR) is 52.7 cm³/mol. The molecule has 0 atom stereocenters. The number of H-pyrrole nitrogens is 1. The fourth-order valence-corrected chi connectivity index (χ4v) is 1.71. The SMILES string of the molecule is S=c1ccnc(-c2ccsc2)[nH]1. The largest absolute Gasteiger partial charge is 0.331 e. The van der Waals surface area contributed by atoms with Gasteiger partial charge in [0.15, 0.2) is 0 Å². The Morgan fingerprint density at radius 1 is 1.42 bits per heavy atom. The average molecular weight is 194 g/mol. The summed E-state index contributed by atoms with van der Waals surface area (Å²) in [4.78, 5) is 7.19. The van der Waals surface area contributed by atoms with E-state index in [9.17, 15) is 0 Å². The molecule has 0 aromatic carbocycles. The molecule has 0 aliphatic heterocycles. The van der Waals surface area contributed by atoms with E-state index in [0.29, 0.717) is 4.64 Å². The van der Waals surface area contributed by atoms with Gasteiger partial charge in [-0.3, -0.25) is 0 Å². The Kier molecular flexibility index (Phi) is 2.01. The lowest BCUT2D eigenvalue weighted by molar-refractivity contribution is 1.16. The first-order valence-corrected chi connectivity index (χ1v) is 4.79. The first-order valence-electron chi connectivity index (χ1n) is 3.44. The third kappa shape index (κ3) is 1.44. The van der Waals surface area contributed by atoms with Crippen LogP contribution in [-0.2, 0) is 0 Å². The average Bonchev–Trinajstić information content (AvgIpc) is 2.56. The van der Waals surface area contributed by atoms with Crippen LogP contribution in [0.25, 0.3) is 11.4 Å². The molecule has 2 heterocycles. The van der Waals surface area contributed by atoms with Gasteiger partial charge < -0.3 is 4.98 Å². The van der Waals surface area contributed by atoms with Crippen molar-refractivity contribution in [3.63, 3.8) is 0 Å². The molecule has 2 aromatic heterocycles. The van der Waals surface area contributed by atoms with Crippen LogP contribution in [0.15, 0.2) is 29.1 Å². The Hall–Kier alpha value is -1.00. The number of thiophene rings is 1. The van der Waals surface area contributed by atoms with E-state index in [-0.39, 0.29) is 0 Å². The van der Waals surface area contributed by atoms with Gasteiger partial charge in [0.05, 0.1) is 0 Å². The Morgan fingerprint density at radius 3 is 3.00 bits per heavy atom. The number of nitrogens with one attached hydrogen (secondary N) is 1. The molecule has 2 rings (SSSR count). The lowest BCUT2D eigenvalue weighted by Crippen LogP contribution is -1.85. The second kappa shape index (κ2) is 3.16. The van der Waals surface area contributed by atoms with Gasteiger partial charge in [0.1, 0.15) is 10.5 Å².